The third-order valence-corrected chi connectivity index (χ3v) is 3.11. The number of H-pyrrole nitrogens is 1. The second-order valence-electron chi connectivity index (χ2n) is 4.62. The maximum Gasteiger partial charge on any atom is 0.361 e. The molecule has 6 heteroatoms. The van der Waals surface area contributed by atoms with E-state index in [9.17, 15) is 15.2 Å². The van der Waals surface area contributed by atoms with Crippen LogP contribution in [0, 0.1) is 10.4 Å². The first kappa shape index (κ1) is 13.7. The Hall–Kier alpha value is -3.28. The lowest BCUT2D eigenvalue weighted by molar-refractivity contribution is -0.377. The van der Waals surface area contributed by atoms with Gasteiger partial charge in [0.05, 0.1) is 0 Å². The van der Waals surface area contributed by atoms with Gasteiger partial charge in [0.25, 0.3) is 0 Å². The van der Waals surface area contributed by atoms with Gasteiger partial charge in [-0.25, -0.2) is 4.79 Å². The molecule has 1 heterocycles. The van der Waals surface area contributed by atoms with Crippen LogP contribution in [0.25, 0.3) is 11.6 Å². The van der Waals surface area contributed by atoms with Crippen molar-refractivity contribution in [3.05, 3.63) is 91.9 Å². The number of allylic oxidation sites excluding steroid dienone is 4. The van der Waals surface area contributed by atoms with Gasteiger partial charge in [0.2, 0.25) is 11.3 Å². The molecule has 0 atom stereocenters. The van der Waals surface area contributed by atoms with Crippen LogP contribution in [0.15, 0.2) is 63.8 Å². The van der Waals surface area contributed by atoms with E-state index in [0.717, 1.165) is 5.56 Å². The molecule has 6 nitrogen and oxygen atoms in total. The molecule has 0 saturated heterocycles. The van der Waals surface area contributed by atoms with E-state index < -0.39 is 10.5 Å². The zero-order valence-electron chi connectivity index (χ0n) is 11.4. The van der Waals surface area contributed by atoms with Gasteiger partial charge in [-0.3, -0.25) is 0 Å². The average Bonchev–Trinajstić information content (AvgIpc) is 2.89. The molecule has 1 aliphatic rings. The lowest BCUT2D eigenvalue weighted by atomic mass is 10.1. The highest BCUT2D eigenvalue weighted by Gasteiger charge is 2.06. The summed E-state index contributed by atoms with van der Waals surface area (Å²) in [5.41, 5.74) is 1.19. The summed E-state index contributed by atoms with van der Waals surface area (Å²) in [6.07, 6.45) is 7.45. The Kier molecular flexibility index (Phi) is 3.49. The third-order valence-electron chi connectivity index (χ3n) is 3.11. The number of rotatable bonds is 1. The number of benzene rings is 1. The molecule has 3 rings (SSSR count). The van der Waals surface area contributed by atoms with Crippen molar-refractivity contribution in [2.45, 2.75) is 0 Å². The summed E-state index contributed by atoms with van der Waals surface area (Å²) in [6, 6.07) is 9.36. The predicted molar refractivity (Wildman–Crippen MR) is 82.3 cm³/mol. The van der Waals surface area contributed by atoms with Crippen LogP contribution >= 0.6 is 0 Å². The molecule has 0 radical (unpaired) electrons. The van der Waals surface area contributed by atoms with Crippen molar-refractivity contribution in [1.29, 1.82) is 0 Å². The summed E-state index contributed by atoms with van der Waals surface area (Å²) in [5.74, 6) is 0. The molecule has 1 aliphatic carbocycles. The van der Waals surface area contributed by atoms with Crippen molar-refractivity contribution >= 4 is 17.4 Å². The fourth-order valence-corrected chi connectivity index (χ4v) is 2.02. The smallest absolute Gasteiger partial charge is 0.361 e. The molecule has 0 unspecified atom stereocenters. The molecule has 0 bridgehead atoms. The van der Waals surface area contributed by atoms with Crippen molar-refractivity contribution in [3.8, 4) is 0 Å². The highest BCUT2D eigenvalue weighted by atomic mass is 16.8. The van der Waals surface area contributed by atoms with Crippen LogP contribution < -0.4 is 16.5 Å². The Morgan fingerprint density at radius 3 is 2.36 bits per heavy atom. The third kappa shape index (κ3) is 2.76. The van der Waals surface area contributed by atoms with Crippen LogP contribution in [0.1, 0.15) is 5.56 Å². The van der Waals surface area contributed by atoms with E-state index in [4.69, 9.17) is 4.42 Å². The van der Waals surface area contributed by atoms with Crippen LogP contribution in [0.3, 0.4) is 0 Å². The number of hydrogen-bond acceptors (Lipinski definition) is 4. The highest BCUT2D eigenvalue weighted by molar-refractivity contribution is 6.05. The van der Waals surface area contributed by atoms with E-state index in [0.29, 0.717) is 10.9 Å². The van der Waals surface area contributed by atoms with E-state index >= 15 is 0 Å². The molecular weight excluding hydrogens is 284 g/mol. The summed E-state index contributed by atoms with van der Waals surface area (Å²) in [7, 11) is 0. The molecule has 2 aromatic rings. The number of oxazole rings is 1. The second kappa shape index (κ2) is 5.61. The van der Waals surface area contributed by atoms with Crippen LogP contribution in [-0.2, 0) is 0 Å². The van der Waals surface area contributed by atoms with Gasteiger partial charge in [0, 0.05) is 17.7 Å². The van der Waals surface area contributed by atoms with Gasteiger partial charge in [-0.05, 0) is 23.8 Å². The Balaban J connectivity index is 2.08. The molecular formula is C16H11N2O4-. The number of nitrogens with one attached hydrogen (secondary N) is 1. The van der Waals surface area contributed by atoms with Crippen molar-refractivity contribution in [3.63, 3.8) is 0 Å². The Morgan fingerprint density at radius 2 is 1.73 bits per heavy atom. The Bertz CT molecular complexity index is 938. The van der Waals surface area contributed by atoms with Gasteiger partial charge in [-0.15, -0.1) is 0 Å². The van der Waals surface area contributed by atoms with Crippen LogP contribution in [0.2, 0.25) is 0 Å². The quantitative estimate of drug-likeness (QED) is 0.613. The first-order chi connectivity index (χ1) is 10.6. The largest absolute Gasteiger partial charge is 0.612 e. The maximum atomic E-state index is 11.9. The molecule has 1 N–H and O–H groups in total. The predicted octanol–water partition coefficient (Wildman–Crippen LogP) is 0.522. The Labute approximate surface area is 124 Å². The topological polar surface area (TPSA) is 95.1 Å². The van der Waals surface area contributed by atoms with E-state index in [1.54, 1.807) is 6.08 Å². The minimum Gasteiger partial charge on any atom is -0.612 e. The Morgan fingerprint density at radius 1 is 1.05 bits per heavy atom. The molecule has 0 aliphatic heterocycles. The fraction of sp³-hybridized carbons (Fsp3) is 0. The average molecular weight is 295 g/mol. The molecule has 0 spiro atoms. The summed E-state index contributed by atoms with van der Waals surface area (Å²) in [6.45, 7) is 0. The second-order valence-corrected chi connectivity index (χ2v) is 4.62. The zero-order chi connectivity index (χ0) is 15.5. The molecule has 110 valence electrons. The minimum atomic E-state index is -0.489. The van der Waals surface area contributed by atoms with Gasteiger partial charge in [-0.1, -0.05) is 30.3 Å². The number of aromatic amines is 1. The SMILES string of the molecule is O=c1oc(=C2C=CC(=[N+]([O-])[O-])C=C2)[nH]c1=Cc1ccccc1. The molecule has 0 amide bonds. The lowest BCUT2D eigenvalue weighted by Crippen LogP contribution is -2.21. The van der Waals surface area contributed by atoms with Crippen molar-refractivity contribution in [2.24, 2.45) is 0 Å². The number of nitrogens with zero attached hydrogens (tertiary/aromatic N) is 1. The molecule has 0 fully saturated rings. The normalized spacial score (nSPS) is 14.6. The summed E-state index contributed by atoms with van der Waals surface area (Å²) in [5, 5.41) is 21.6. The maximum absolute atomic E-state index is 11.9. The summed E-state index contributed by atoms with van der Waals surface area (Å²) in [4.78, 5) is 14.3. The van der Waals surface area contributed by atoms with Gasteiger partial charge in [0.15, 0.2) is 0 Å². The van der Waals surface area contributed by atoms with E-state index in [-0.39, 0.29) is 11.3 Å². The fourth-order valence-electron chi connectivity index (χ4n) is 2.02. The minimum absolute atomic E-state index is 0.0197. The summed E-state index contributed by atoms with van der Waals surface area (Å²) >= 11 is 0. The zero-order valence-corrected chi connectivity index (χ0v) is 11.4. The molecule has 1 aromatic carbocycles. The highest BCUT2D eigenvalue weighted by Crippen LogP contribution is 2.05. The number of hydrogen-bond donors (Lipinski definition) is 1. The molecule has 0 saturated carbocycles. The van der Waals surface area contributed by atoms with Gasteiger partial charge >= 0.3 is 5.63 Å². The molecule has 1 aromatic heterocycles. The van der Waals surface area contributed by atoms with Crippen molar-refractivity contribution in [2.75, 3.05) is 0 Å². The van der Waals surface area contributed by atoms with Crippen LogP contribution in [-0.4, -0.2) is 15.6 Å². The van der Waals surface area contributed by atoms with Gasteiger partial charge in [-0.2, -0.15) is 4.90 Å². The number of aromatic nitrogens is 1. The van der Waals surface area contributed by atoms with Gasteiger partial charge < -0.3 is 19.8 Å². The van der Waals surface area contributed by atoms with E-state index in [2.05, 4.69) is 4.98 Å². The monoisotopic (exact) mass is 295 g/mol. The van der Waals surface area contributed by atoms with E-state index in [1.807, 2.05) is 30.3 Å². The van der Waals surface area contributed by atoms with Crippen LogP contribution in [0.5, 0.6) is 0 Å². The first-order valence-corrected chi connectivity index (χ1v) is 6.51. The standard InChI is InChI=1S/C16H11N2O4/c19-16-14(10-11-4-2-1-3-5-11)17-15(22-16)12-6-8-13(9-7-12)18(20)21/h1-10,17H/q-1. The van der Waals surface area contributed by atoms with Gasteiger partial charge in [0.1, 0.15) is 5.35 Å². The first-order valence-electron chi connectivity index (χ1n) is 6.51. The summed E-state index contributed by atoms with van der Waals surface area (Å²) < 4.78 is 5.16. The van der Waals surface area contributed by atoms with Crippen LogP contribution in [0.4, 0.5) is 0 Å². The van der Waals surface area contributed by atoms with E-state index in [1.165, 1.54) is 24.3 Å². The van der Waals surface area contributed by atoms with Crippen molar-refractivity contribution in [1.82, 2.24) is 4.98 Å². The van der Waals surface area contributed by atoms with Crippen molar-refractivity contribution < 1.29 is 9.32 Å². The molecule has 22 heavy (non-hydrogen) atoms. The lowest BCUT2D eigenvalue weighted by Gasteiger charge is -2.07.